The molecule has 0 saturated carbocycles. The first kappa shape index (κ1) is 19.4. The van der Waals surface area contributed by atoms with E-state index in [0.29, 0.717) is 34.8 Å². The summed E-state index contributed by atoms with van der Waals surface area (Å²) in [4.78, 5) is 17.3. The number of amides is 1. The summed E-state index contributed by atoms with van der Waals surface area (Å²) < 4.78 is 35.4. The molecule has 0 atom stereocenters. The number of rotatable bonds is 5. The lowest BCUT2D eigenvalue weighted by Crippen LogP contribution is -2.20. The van der Waals surface area contributed by atoms with Gasteiger partial charge in [-0.15, -0.1) is 0 Å². The van der Waals surface area contributed by atoms with Gasteiger partial charge >= 0.3 is 0 Å². The Morgan fingerprint density at radius 1 is 1.10 bits per heavy atom. The van der Waals surface area contributed by atoms with Gasteiger partial charge in [-0.1, -0.05) is 41.7 Å². The molecular formula is C22H18F2N2O2S. The van der Waals surface area contributed by atoms with Crippen molar-refractivity contribution in [2.75, 3.05) is 13.2 Å². The highest BCUT2D eigenvalue weighted by Gasteiger charge is 2.14. The molecule has 0 aliphatic rings. The number of nitrogens with zero attached hydrogens (tertiary/aromatic N) is 2. The fourth-order valence-electron chi connectivity index (χ4n) is 3.20. The lowest BCUT2D eigenvalue weighted by atomic mass is 10.1. The average molecular weight is 412 g/mol. The number of aromatic nitrogens is 1. The highest BCUT2D eigenvalue weighted by molar-refractivity contribution is 7.16. The second kappa shape index (κ2) is 8.23. The molecule has 4 nitrogen and oxygen atoms in total. The predicted octanol–water partition coefficient (Wildman–Crippen LogP) is 4.91. The van der Waals surface area contributed by atoms with E-state index in [1.807, 2.05) is 37.3 Å². The molecule has 0 aliphatic carbocycles. The number of hydrogen-bond donors (Lipinski definition) is 0. The minimum absolute atomic E-state index is 0.223. The van der Waals surface area contributed by atoms with Crippen molar-refractivity contribution in [3.05, 3.63) is 76.6 Å². The molecule has 0 aliphatic heterocycles. The Labute approximate surface area is 169 Å². The monoisotopic (exact) mass is 412 g/mol. The first-order valence-electron chi connectivity index (χ1n) is 9.21. The Morgan fingerprint density at radius 2 is 1.90 bits per heavy atom. The van der Waals surface area contributed by atoms with Crippen LogP contribution in [0, 0.1) is 11.6 Å². The topological polar surface area (TPSA) is 43.6 Å². The van der Waals surface area contributed by atoms with Gasteiger partial charge in [0.15, 0.2) is 10.6 Å². The Morgan fingerprint density at radius 3 is 2.69 bits per heavy atom. The third-order valence-corrected chi connectivity index (χ3v) is 5.58. The van der Waals surface area contributed by atoms with Gasteiger partial charge in [-0.25, -0.2) is 8.78 Å². The van der Waals surface area contributed by atoms with E-state index < -0.39 is 17.5 Å². The molecule has 0 bridgehead atoms. The molecule has 29 heavy (non-hydrogen) atoms. The molecule has 0 N–H and O–H groups in total. The molecule has 4 aromatic rings. The summed E-state index contributed by atoms with van der Waals surface area (Å²) in [6, 6.07) is 15.2. The molecule has 0 radical (unpaired) electrons. The molecule has 0 fully saturated rings. The van der Waals surface area contributed by atoms with E-state index in [0.717, 1.165) is 28.2 Å². The number of carbonyl (C=O) groups excluding carboxylic acids is 1. The van der Waals surface area contributed by atoms with Gasteiger partial charge in [0.25, 0.3) is 5.91 Å². The molecule has 1 heterocycles. The summed E-state index contributed by atoms with van der Waals surface area (Å²) in [6.07, 6.45) is 0. The number of carbonyl (C=O) groups is 1. The van der Waals surface area contributed by atoms with E-state index in [1.54, 1.807) is 16.7 Å². The quantitative estimate of drug-likeness (QED) is 0.437. The summed E-state index contributed by atoms with van der Waals surface area (Å²) in [5.74, 6) is -1.79. The number of benzene rings is 3. The van der Waals surface area contributed by atoms with Gasteiger partial charge in [-0.3, -0.25) is 4.79 Å². The highest BCUT2D eigenvalue weighted by atomic mass is 32.1. The SMILES string of the molecule is CCOCCn1c(=NC(=O)c2ccc3ccccc3c2)sc2cc(F)cc(F)c21. The van der Waals surface area contributed by atoms with Crippen LogP contribution in [0.1, 0.15) is 17.3 Å². The van der Waals surface area contributed by atoms with Crippen LogP contribution in [0.2, 0.25) is 0 Å². The van der Waals surface area contributed by atoms with E-state index in [1.165, 1.54) is 6.07 Å². The van der Waals surface area contributed by atoms with Gasteiger partial charge < -0.3 is 9.30 Å². The van der Waals surface area contributed by atoms with Crippen LogP contribution in [0.25, 0.3) is 21.0 Å². The minimum Gasteiger partial charge on any atom is -0.380 e. The molecule has 148 valence electrons. The van der Waals surface area contributed by atoms with Crippen LogP contribution in [-0.4, -0.2) is 23.7 Å². The third kappa shape index (κ3) is 3.97. The van der Waals surface area contributed by atoms with Crippen LogP contribution in [0.3, 0.4) is 0 Å². The van der Waals surface area contributed by atoms with Gasteiger partial charge in [0.1, 0.15) is 5.82 Å². The van der Waals surface area contributed by atoms with E-state index in [-0.39, 0.29) is 5.52 Å². The number of ether oxygens (including phenoxy) is 1. The largest absolute Gasteiger partial charge is 0.380 e. The van der Waals surface area contributed by atoms with E-state index in [9.17, 15) is 13.6 Å². The van der Waals surface area contributed by atoms with Crippen molar-refractivity contribution in [1.82, 2.24) is 4.57 Å². The normalized spacial score (nSPS) is 12.2. The first-order valence-corrected chi connectivity index (χ1v) is 10.0. The average Bonchev–Trinajstić information content (AvgIpc) is 3.04. The van der Waals surface area contributed by atoms with Crippen molar-refractivity contribution >= 4 is 38.2 Å². The smallest absolute Gasteiger partial charge is 0.279 e. The van der Waals surface area contributed by atoms with Crippen LogP contribution in [0.5, 0.6) is 0 Å². The second-order valence-electron chi connectivity index (χ2n) is 6.45. The zero-order chi connectivity index (χ0) is 20.4. The maximum absolute atomic E-state index is 14.4. The molecule has 0 unspecified atom stereocenters. The lowest BCUT2D eigenvalue weighted by molar-refractivity contribution is 0.0996. The highest BCUT2D eigenvalue weighted by Crippen LogP contribution is 2.23. The van der Waals surface area contributed by atoms with Crippen LogP contribution in [0.15, 0.2) is 59.6 Å². The zero-order valence-electron chi connectivity index (χ0n) is 15.7. The number of halogens is 2. The molecule has 0 spiro atoms. The molecule has 7 heteroatoms. The lowest BCUT2D eigenvalue weighted by Gasteiger charge is -2.06. The Hall–Kier alpha value is -2.90. The molecule has 1 aromatic heterocycles. The first-order chi connectivity index (χ1) is 14.1. The van der Waals surface area contributed by atoms with Gasteiger partial charge in [0.05, 0.1) is 16.8 Å². The Bertz CT molecular complexity index is 1280. The Kier molecular flexibility index (Phi) is 5.51. The molecule has 0 saturated heterocycles. The fourth-order valence-corrected chi connectivity index (χ4v) is 4.29. The van der Waals surface area contributed by atoms with E-state index >= 15 is 0 Å². The fraction of sp³-hybridized carbons (Fsp3) is 0.182. The number of thiazole rings is 1. The van der Waals surface area contributed by atoms with Crippen LogP contribution >= 0.6 is 11.3 Å². The maximum atomic E-state index is 14.4. The third-order valence-electron chi connectivity index (χ3n) is 4.55. The van der Waals surface area contributed by atoms with Crippen molar-refractivity contribution in [3.63, 3.8) is 0 Å². The van der Waals surface area contributed by atoms with Gasteiger partial charge in [-0.2, -0.15) is 4.99 Å². The van der Waals surface area contributed by atoms with Crippen LogP contribution in [0.4, 0.5) is 8.78 Å². The van der Waals surface area contributed by atoms with Gasteiger partial charge in [0.2, 0.25) is 0 Å². The molecule has 1 amide bonds. The van der Waals surface area contributed by atoms with Crippen molar-refractivity contribution in [3.8, 4) is 0 Å². The molecular weight excluding hydrogens is 394 g/mol. The summed E-state index contributed by atoms with van der Waals surface area (Å²) in [5.41, 5.74) is 0.658. The summed E-state index contributed by atoms with van der Waals surface area (Å²) in [5, 5.41) is 1.96. The summed E-state index contributed by atoms with van der Waals surface area (Å²) >= 11 is 1.08. The number of fused-ring (bicyclic) bond motifs is 2. The zero-order valence-corrected chi connectivity index (χ0v) is 16.5. The van der Waals surface area contributed by atoms with Crippen LogP contribution < -0.4 is 4.80 Å². The van der Waals surface area contributed by atoms with Gasteiger partial charge in [0, 0.05) is 24.8 Å². The van der Waals surface area contributed by atoms with E-state index in [2.05, 4.69) is 4.99 Å². The molecule has 3 aromatic carbocycles. The maximum Gasteiger partial charge on any atom is 0.279 e. The van der Waals surface area contributed by atoms with E-state index in [4.69, 9.17) is 4.74 Å². The second-order valence-corrected chi connectivity index (χ2v) is 7.46. The van der Waals surface area contributed by atoms with Crippen molar-refractivity contribution in [2.45, 2.75) is 13.5 Å². The summed E-state index contributed by atoms with van der Waals surface area (Å²) in [7, 11) is 0. The molecule has 4 rings (SSSR count). The predicted molar refractivity (Wildman–Crippen MR) is 110 cm³/mol. The van der Waals surface area contributed by atoms with Crippen molar-refractivity contribution in [2.24, 2.45) is 4.99 Å². The minimum atomic E-state index is -0.688. The van der Waals surface area contributed by atoms with Gasteiger partial charge in [-0.05, 0) is 35.9 Å². The van der Waals surface area contributed by atoms with Crippen LogP contribution in [-0.2, 0) is 11.3 Å². The number of hydrogen-bond acceptors (Lipinski definition) is 3. The van der Waals surface area contributed by atoms with Crippen molar-refractivity contribution < 1.29 is 18.3 Å². The van der Waals surface area contributed by atoms with Crippen molar-refractivity contribution in [1.29, 1.82) is 0 Å². The standard InChI is InChI=1S/C22H18F2N2O2S/c1-2-28-10-9-26-20-18(24)12-17(23)13-19(20)29-22(26)25-21(27)16-8-7-14-5-3-4-6-15(14)11-16/h3-8,11-13H,2,9-10H2,1H3. The Balaban J connectivity index is 1.81. The summed E-state index contributed by atoms with van der Waals surface area (Å²) in [6.45, 7) is 3.01.